The monoisotopic (exact) mass is 1840 g/mol. The third kappa shape index (κ3) is 30.5. The molecule has 0 amide bonds. The van der Waals surface area contributed by atoms with Crippen LogP contribution in [0.5, 0.6) is 0 Å². The Balaban J connectivity index is 1.65. The Bertz CT molecular complexity index is 3360. The van der Waals surface area contributed by atoms with Gasteiger partial charge in [0.25, 0.3) is 0 Å². The smallest absolute Gasteiger partial charge is 0.0867 e. The van der Waals surface area contributed by atoms with Crippen LogP contribution in [0.3, 0.4) is 0 Å². The number of aromatic amines is 2. The minimum atomic E-state index is -2.10. The van der Waals surface area contributed by atoms with E-state index < -0.39 is 32.3 Å². The molecule has 0 saturated heterocycles. The molecule has 0 unspecified atom stereocenters. The highest BCUT2D eigenvalue weighted by Gasteiger charge is 2.42. The molecule has 0 spiro atoms. The van der Waals surface area contributed by atoms with Gasteiger partial charge < -0.3 is 9.97 Å². The summed E-state index contributed by atoms with van der Waals surface area (Å²) in [6.45, 7) is 29.1. The van der Waals surface area contributed by atoms with Crippen molar-refractivity contribution in [1.82, 2.24) is 19.9 Å². The normalized spacial score (nSPS) is 12.8. The van der Waals surface area contributed by atoms with E-state index in [0.29, 0.717) is 0 Å². The second-order valence-electron chi connectivity index (χ2n) is 36.8. The molecule has 0 radical (unpaired) electrons. The predicted octanol–water partition coefficient (Wildman–Crippen LogP) is 34.8. The summed E-state index contributed by atoms with van der Waals surface area (Å²) in [6, 6.07) is 44.6. The van der Waals surface area contributed by atoms with Crippen molar-refractivity contribution in [3.8, 4) is 22.3 Å². The molecular weight excluding hydrogens is 1670 g/mol. The lowest BCUT2D eigenvalue weighted by atomic mass is 10.0. The van der Waals surface area contributed by atoms with Crippen LogP contribution in [0.25, 0.3) is 68.6 Å². The number of hydrogen-bond acceptors (Lipinski definition) is 2. The minimum Gasteiger partial charge on any atom is -0.354 e. The Labute approximate surface area is 734 Å². The molecule has 7 rings (SSSR count). The maximum absolute atomic E-state index is 6.02. The van der Waals surface area contributed by atoms with Gasteiger partial charge in [0.2, 0.25) is 0 Å². The zero-order valence-electron chi connectivity index (χ0n) is 76.2. The second kappa shape index (κ2) is 56.1. The molecule has 0 aliphatic carbocycles. The molecule has 2 aliphatic heterocycles. The first-order chi connectivity index (χ1) is 55.8. The van der Waals surface area contributed by atoms with E-state index in [2.05, 4.69) is 223 Å². The number of halogens is 2. The first-order valence-electron chi connectivity index (χ1n) is 49.6. The Morgan fingerprint density at radius 3 is 0.605 bits per heavy atom. The summed E-state index contributed by atoms with van der Waals surface area (Å²) in [5.41, 5.74) is 14.5. The van der Waals surface area contributed by atoms with Gasteiger partial charge in [-0.3, -0.25) is 0 Å². The molecule has 0 atom stereocenters. The van der Waals surface area contributed by atoms with Crippen molar-refractivity contribution in [1.29, 1.82) is 0 Å². The molecule has 5 aromatic rings. The standard InChI is InChI=1S/C104H172I2N4Si4/c1-13-25-37-49-69-111(70-50-38-26-14-2,71-51-39-27-15-3)89-81-87(82-90(85-89)112(72-52-40-28-16-4,73-53-41-29-17-5)74-54-42-30-18-6)101-93-61-65-97(107-93)103(105)99-67-63-95(109-99)102(96-64-68-100(110-96)104(106)98-66-62-94(101)108-98)88-83-91(113(75-55-43-31-19-7,76-56-44-32-20-8)77-57-45-33-21-9)86-92(84-88)114(78-58-46-34-22-10,79-59-47-35-23-11)80-60-48-36-24-12/h61-68,81-86,107-108H,13-60,69-80H2,1-12H3. The number of rotatable bonds is 66. The van der Waals surface area contributed by atoms with Gasteiger partial charge in [-0.15, -0.1) is 0 Å². The maximum Gasteiger partial charge on any atom is 0.0867 e. The van der Waals surface area contributed by atoms with Crippen molar-refractivity contribution in [2.45, 2.75) is 464 Å². The highest BCUT2D eigenvalue weighted by molar-refractivity contribution is 14.1. The molecule has 114 heavy (non-hydrogen) atoms. The van der Waals surface area contributed by atoms with E-state index in [1.807, 2.05) is 20.7 Å². The van der Waals surface area contributed by atoms with Crippen LogP contribution in [0.4, 0.5) is 0 Å². The lowest BCUT2D eigenvalue weighted by Crippen LogP contribution is -2.53. The summed E-state index contributed by atoms with van der Waals surface area (Å²) < 4.78 is 2.38. The van der Waals surface area contributed by atoms with E-state index in [1.54, 1.807) is 0 Å². The van der Waals surface area contributed by atoms with Gasteiger partial charge >= 0.3 is 0 Å². The SMILES string of the molecule is CCCCCC[Si](CCCCCC)(CCCCCC)c1cc(-c2c3nc(c(I)c4ccc([nH]4)c(-c4cc([Si](CCCCCC)(CCCCCC)CCCCCC)cc([Si](CCCCCC)(CCCCCC)CCCCCC)c4)c4ccc([nH]4)c(I)c4nc2C=C4)C=C3)cc([Si](CCCCCC)(CCCCCC)CCCCCC)c1. The number of nitrogens with zero attached hydrogens (tertiary/aromatic N) is 2. The molecule has 2 N–H and O–H groups in total. The van der Waals surface area contributed by atoms with Crippen LogP contribution >= 0.6 is 45.2 Å². The zero-order chi connectivity index (χ0) is 81.5. The van der Waals surface area contributed by atoms with E-state index in [1.165, 1.54) is 421 Å². The molecule has 10 heteroatoms. The Kier molecular flexibility index (Phi) is 48.5. The molecule has 3 aromatic heterocycles. The average molecular weight is 1840 g/mol. The van der Waals surface area contributed by atoms with Crippen LogP contribution in [0.15, 0.2) is 60.7 Å². The van der Waals surface area contributed by atoms with Crippen LogP contribution in [0.1, 0.15) is 414 Å². The summed E-state index contributed by atoms with van der Waals surface area (Å²) in [7, 11) is -8.37. The van der Waals surface area contributed by atoms with Gasteiger partial charge in [-0.25, -0.2) is 9.97 Å². The van der Waals surface area contributed by atoms with Crippen molar-refractivity contribution in [3.63, 3.8) is 0 Å². The summed E-state index contributed by atoms with van der Waals surface area (Å²) in [5, 5.41) is 7.29. The molecule has 8 bridgehead atoms. The van der Waals surface area contributed by atoms with Crippen LogP contribution in [-0.2, 0) is 0 Å². The minimum absolute atomic E-state index is 1.06. The van der Waals surface area contributed by atoms with Crippen molar-refractivity contribution >= 4 is 145 Å². The van der Waals surface area contributed by atoms with Gasteiger partial charge in [-0.1, -0.05) is 521 Å². The van der Waals surface area contributed by atoms with Crippen LogP contribution in [0.2, 0.25) is 72.5 Å². The van der Waals surface area contributed by atoms with Gasteiger partial charge in [-0.2, -0.15) is 0 Å². The lowest BCUT2D eigenvalue weighted by molar-refractivity contribution is 0.667. The average Bonchev–Trinajstić information content (AvgIpc) is 1.11. The third-order valence-corrected chi connectivity index (χ3v) is 51.7. The predicted molar refractivity (Wildman–Crippen MR) is 544 cm³/mol. The van der Waals surface area contributed by atoms with Gasteiger partial charge in [0.15, 0.2) is 0 Å². The highest BCUT2D eigenvalue weighted by Crippen LogP contribution is 2.42. The molecule has 0 fully saturated rings. The quantitative estimate of drug-likeness (QED) is 0.0227. The van der Waals surface area contributed by atoms with Gasteiger partial charge in [-0.05, 0) is 105 Å². The number of nitrogens with one attached hydrogen (secondary N) is 2. The van der Waals surface area contributed by atoms with Crippen LogP contribution in [0, 0.1) is 7.14 Å². The molecule has 638 valence electrons. The summed E-state index contributed by atoms with van der Waals surface area (Å²) in [4.78, 5) is 20.7. The fraction of sp³-hybridized carbons (Fsp3) is 0.692. The van der Waals surface area contributed by atoms with Crippen molar-refractivity contribution in [2.24, 2.45) is 0 Å². The fourth-order valence-electron chi connectivity index (χ4n) is 20.4. The molecule has 2 aliphatic rings. The largest absolute Gasteiger partial charge is 0.354 e. The summed E-state index contributed by atoms with van der Waals surface area (Å²) in [6.07, 6.45) is 74.4. The number of unbranched alkanes of at least 4 members (excludes halogenated alkanes) is 36. The summed E-state index contributed by atoms with van der Waals surface area (Å²) >= 11 is 5.41. The second-order valence-corrected chi connectivity index (χ2v) is 57.5. The number of hydrogen-bond donors (Lipinski definition) is 2. The van der Waals surface area contributed by atoms with Gasteiger partial charge in [0.05, 0.1) is 73.2 Å². The van der Waals surface area contributed by atoms with Crippen LogP contribution < -0.4 is 20.7 Å². The van der Waals surface area contributed by atoms with E-state index in [0.717, 1.165) is 33.8 Å². The fourth-order valence-corrected chi connectivity index (χ4v) is 43.2. The Morgan fingerprint density at radius 2 is 0.404 bits per heavy atom. The topological polar surface area (TPSA) is 57.4 Å². The maximum atomic E-state index is 6.02. The number of fused-ring (bicyclic) bond motifs is 8. The molecule has 5 heterocycles. The van der Waals surface area contributed by atoms with Crippen molar-refractivity contribution in [2.75, 3.05) is 0 Å². The third-order valence-electron chi connectivity index (χ3n) is 27.6. The van der Waals surface area contributed by atoms with Gasteiger partial charge in [0.1, 0.15) is 0 Å². The Hall–Kier alpha value is -2.63. The van der Waals surface area contributed by atoms with E-state index >= 15 is 0 Å². The lowest BCUT2D eigenvalue weighted by Gasteiger charge is -2.38. The van der Waals surface area contributed by atoms with Crippen molar-refractivity contribution < 1.29 is 0 Å². The molecule has 2 aromatic carbocycles. The van der Waals surface area contributed by atoms with Crippen LogP contribution in [-0.4, -0.2) is 52.2 Å². The number of aromatic nitrogens is 4. The van der Waals surface area contributed by atoms with E-state index in [-0.39, 0.29) is 0 Å². The van der Waals surface area contributed by atoms with E-state index in [9.17, 15) is 0 Å². The first-order valence-corrected chi connectivity index (χ1v) is 62.2. The van der Waals surface area contributed by atoms with Gasteiger partial charge in [0, 0.05) is 22.2 Å². The number of benzene rings is 2. The Morgan fingerprint density at radius 1 is 0.219 bits per heavy atom. The summed E-state index contributed by atoms with van der Waals surface area (Å²) in [5.74, 6) is 0. The molecule has 4 nitrogen and oxygen atoms in total. The first kappa shape index (κ1) is 98.5. The highest BCUT2D eigenvalue weighted by atomic mass is 127. The number of H-pyrrole nitrogens is 2. The zero-order valence-corrected chi connectivity index (χ0v) is 84.5. The van der Waals surface area contributed by atoms with E-state index in [4.69, 9.17) is 9.97 Å². The van der Waals surface area contributed by atoms with Crippen molar-refractivity contribution in [3.05, 3.63) is 90.6 Å². The molecular formula is C104H172I2N4Si4. The molecule has 0 saturated carbocycles.